The van der Waals surface area contributed by atoms with Crippen LogP contribution in [0.15, 0.2) is 78.9 Å². The molecule has 0 atom stereocenters. The van der Waals surface area contributed by atoms with E-state index in [0.29, 0.717) is 0 Å². The molecule has 0 amide bonds. The Morgan fingerprint density at radius 2 is 1.32 bits per heavy atom. The second kappa shape index (κ2) is 9.52. The van der Waals surface area contributed by atoms with Crippen LogP contribution < -0.4 is 9.47 Å². The molecule has 0 unspecified atom stereocenters. The molecule has 1 heterocycles. The first-order valence-corrected chi connectivity index (χ1v) is 10.7. The van der Waals surface area contributed by atoms with Gasteiger partial charge in [0.25, 0.3) is 0 Å². The summed E-state index contributed by atoms with van der Waals surface area (Å²) in [6.07, 6.45) is 3.19. The highest BCUT2D eigenvalue weighted by molar-refractivity contribution is 5.76. The molecule has 0 bridgehead atoms. The lowest BCUT2D eigenvalue weighted by Gasteiger charge is -2.11. The molecule has 0 saturated heterocycles. The van der Waals surface area contributed by atoms with Crippen LogP contribution in [0.2, 0.25) is 0 Å². The summed E-state index contributed by atoms with van der Waals surface area (Å²) >= 11 is 0. The Morgan fingerprint density at radius 3 is 1.87 bits per heavy atom. The Hall–Kier alpha value is -3.53. The van der Waals surface area contributed by atoms with Crippen molar-refractivity contribution in [2.75, 3.05) is 14.2 Å². The predicted octanol–water partition coefficient (Wildman–Crippen LogP) is 6.57. The van der Waals surface area contributed by atoms with Crippen LogP contribution in [0.1, 0.15) is 25.3 Å². The largest absolute Gasteiger partial charge is 0.497 e. The van der Waals surface area contributed by atoms with Crippen molar-refractivity contribution in [3.63, 3.8) is 0 Å². The molecule has 3 aromatic carbocycles. The summed E-state index contributed by atoms with van der Waals surface area (Å²) in [5, 5.41) is 5.12. The average molecular weight is 413 g/mol. The molecule has 0 spiro atoms. The van der Waals surface area contributed by atoms with Crippen molar-refractivity contribution in [2.24, 2.45) is 0 Å². The summed E-state index contributed by atoms with van der Waals surface area (Å²) in [5.41, 5.74) is 6.69. The van der Waals surface area contributed by atoms with E-state index in [0.717, 1.165) is 59.0 Å². The fraction of sp³-hybridized carbons (Fsp3) is 0.222. The third-order valence-corrected chi connectivity index (χ3v) is 5.49. The van der Waals surface area contributed by atoms with Gasteiger partial charge in [-0.3, -0.25) is 0 Å². The highest BCUT2D eigenvalue weighted by Gasteiger charge is 2.21. The summed E-state index contributed by atoms with van der Waals surface area (Å²) < 4.78 is 12.8. The van der Waals surface area contributed by atoms with Gasteiger partial charge in [-0.2, -0.15) is 5.10 Å². The van der Waals surface area contributed by atoms with Crippen LogP contribution in [0.4, 0.5) is 0 Å². The number of unbranched alkanes of at least 4 members (excludes halogenated alkanes) is 1. The summed E-state index contributed by atoms with van der Waals surface area (Å²) in [7, 11) is 3.38. The Kier molecular flexibility index (Phi) is 6.37. The van der Waals surface area contributed by atoms with Gasteiger partial charge in [0, 0.05) is 16.7 Å². The molecule has 4 aromatic rings. The first-order valence-electron chi connectivity index (χ1n) is 10.7. The van der Waals surface area contributed by atoms with Crippen molar-refractivity contribution in [1.82, 2.24) is 9.78 Å². The predicted molar refractivity (Wildman–Crippen MR) is 126 cm³/mol. The van der Waals surface area contributed by atoms with Crippen molar-refractivity contribution in [3.05, 3.63) is 84.4 Å². The molecule has 4 nitrogen and oxygen atoms in total. The Morgan fingerprint density at radius 1 is 0.742 bits per heavy atom. The van der Waals surface area contributed by atoms with Crippen molar-refractivity contribution >= 4 is 0 Å². The zero-order chi connectivity index (χ0) is 21.6. The zero-order valence-corrected chi connectivity index (χ0v) is 18.3. The van der Waals surface area contributed by atoms with E-state index in [-0.39, 0.29) is 0 Å². The third-order valence-electron chi connectivity index (χ3n) is 5.49. The average Bonchev–Trinajstić information content (AvgIpc) is 3.22. The Balaban J connectivity index is 1.95. The zero-order valence-electron chi connectivity index (χ0n) is 18.3. The number of nitrogens with zero attached hydrogens (tertiary/aromatic N) is 2. The Labute approximate surface area is 184 Å². The fourth-order valence-electron chi connectivity index (χ4n) is 3.82. The molecule has 31 heavy (non-hydrogen) atoms. The van der Waals surface area contributed by atoms with E-state index in [9.17, 15) is 0 Å². The summed E-state index contributed by atoms with van der Waals surface area (Å²) in [5.74, 6) is 1.69. The lowest BCUT2D eigenvalue weighted by Crippen LogP contribution is -2.00. The van der Waals surface area contributed by atoms with Crippen molar-refractivity contribution < 1.29 is 9.47 Å². The van der Waals surface area contributed by atoms with E-state index >= 15 is 0 Å². The molecule has 0 saturated carbocycles. The monoisotopic (exact) mass is 412 g/mol. The number of para-hydroxylation sites is 1. The van der Waals surface area contributed by atoms with Crippen LogP contribution in [0.3, 0.4) is 0 Å². The molecule has 4 rings (SSSR count). The van der Waals surface area contributed by atoms with Gasteiger partial charge in [0.05, 0.1) is 31.3 Å². The minimum absolute atomic E-state index is 0.844. The van der Waals surface area contributed by atoms with Gasteiger partial charge < -0.3 is 9.47 Å². The number of benzene rings is 3. The number of hydrogen-bond donors (Lipinski definition) is 0. The van der Waals surface area contributed by atoms with Crippen molar-refractivity contribution in [1.29, 1.82) is 0 Å². The van der Waals surface area contributed by atoms with Gasteiger partial charge in [0.1, 0.15) is 11.5 Å². The van der Waals surface area contributed by atoms with Crippen LogP contribution in [0.25, 0.3) is 28.2 Å². The van der Waals surface area contributed by atoms with Gasteiger partial charge in [-0.25, -0.2) is 4.68 Å². The summed E-state index contributed by atoms with van der Waals surface area (Å²) in [6, 6.07) is 26.7. The number of aromatic nitrogens is 2. The van der Waals surface area contributed by atoms with E-state index in [1.807, 2.05) is 42.5 Å². The van der Waals surface area contributed by atoms with Gasteiger partial charge in [-0.05, 0) is 73.5 Å². The first-order chi connectivity index (χ1) is 15.2. The minimum Gasteiger partial charge on any atom is -0.497 e. The van der Waals surface area contributed by atoms with Crippen LogP contribution in [-0.4, -0.2) is 24.0 Å². The van der Waals surface area contributed by atoms with E-state index in [4.69, 9.17) is 14.6 Å². The SMILES string of the molecule is CCCCc1c(-c2ccc(OC)cc2)nn(-c2ccccc2)c1-c1ccc(OC)cc1. The number of rotatable bonds is 8. The van der Waals surface area contributed by atoms with Crippen LogP contribution in [-0.2, 0) is 6.42 Å². The second-order valence-corrected chi connectivity index (χ2v) is 7.48. The molecule has 0 aliphatic heterocycles. The van der Waals surface area contributed by atoms with Crippen LogP contribution in [0, 0.1) is 0 Å². The minimum atomic E-state index is 0.844. The maximum atomic E-state index is 5.38. The third kappa shape index (κ3) is 4.33. The highest BCUT2D eigenvalue weighted by atomic mass is 16.5. The van der Waals surface area contributed by atoms with Crippen molar-refractivity contribution in [2.45, 2.75) is 26.2 Å². The topological polar surface area (TPSA) is 36.3 Å². The van der Waals surface area contributed by atoms with E-state index in [2.05, 4.69) is 48.0 Å². The molecular weight excluding hydrogens is 384 g/mol. The molecule has 0 radical (unpaired) electrons. The normalized spacial score (nSPS) is 10.8. The highest BCUT2D eigenvalue weighted by Crippen LogP contribution is 2.36. The fourth-order valence-corrected chi connectivity index (χ4v) is 3.82. The standard InChI is InChI=1S/C27H28N2O2/c1-4-5-11-25-26(20-12-16-23(30-2)17-13-20)28-29(22-9-7-6-8-10-22)27(25)21-14-18-24(31-3)19-15-21/h6-10,12-19H,4-5,11H2,1-3H3. The number of hydrogen-bond acceptors (Lipinski definition) is 3. The lowest BCUT2D eigenvalue weighted by molar-refractivity contribution is 0.414. The molecule has 1 aromatic heterocycles. The van der Waals surface area contributed by atoms with Gasteiger partial charge in [0.15, 0.2) is 0 Å². The quantitative estimate of drug-likeness (QED) is 0.328. The summed E-state index contributed by atoms with van der Waals surface area (Å²) in [4.78, 5) is 0. The molecule has 0 N–H and O–H groups in total. The molecule has 0 aliphatic carbocycles. The van der Waals surface area contributed by atoms with E-state index in [1.54, 1.807) is 14.2 Å². The maximum Gasteiger partial charge on any atom is 0.118 e. The second-order valence-electron chi connectivity index (χ2n) is 7.48. The molecule has 0 fully saturated rings. The molecule has 158 valence electrons. The number of ether oxygens (including phenoxy) is 2. The molecule has 0 aliphatic rings. The van der Waals surface area contributed by atoms with Crippen LogP contribution >= 0.6 is 0 Å². The Bertz CT molecular complexity index is 1110. The van der Waals surface area contributed by atoms with Gasteiger partial charge in [0.2, 0.25) is 0 Å². The maximum absolute atomic E-state index is 5.38. The van der Waals surface area contributed by atoms with Crippen LogP contribution in [0.5, 0.6) is 11.5 Å². The molecule has 4 heteroatoms. The molecular formula is C27H28N2O2. The summed E-state index contributed by atoms with van der Waals surface area (Å²) in [6.45, 7) is 2.22. The smallest absolute Gasteiger partial charge is 0.118 e. The van der Waals surface area contributed by atoms with Gasteiger partial charge >= 0.3 is 0 Å². The van der Waals surface area contributed by atoms with Crippen molar-refractivity contribution in [3.8, 4) is 39.7 Å². The van der Waals surface area contributed by atoms with Gasteiger partial charge in [-0.15, -0.1) is 0 Å². The van der Waals surface area contributed by atoms with E-state index in [1.165, 1.54) is 5.56 Å². The van der Waals surface area contributed by atoms with Gasteiger partial charge in [-0.1, -0.05) is 31.5 Å². The first kappa shape index (κ1) is 20.7. The number of methoxy groups -OCH3 is 2. The van der Waals surface area contributed by atoms with E-state index < -0.39 is 0 Å². The lowest BCUT2D eigenvalue weighted by atomic mass is 9.97.